The van der Waals surface area contributed by atoms with Crippen molar-refractivity contribution in [3.05, 3.63) is 11.1 Å². The molecule has 0 spiro atoms. The number of alkyl halides is 1. The first-order chi connectivity index (χ1) is 8.61. The first-order valence-electron chi connectivity index (χ1n) is 6.08. The molecule has 0 bridgehead atoms. The fraction of sp³-hybridized carbons (Fsp3) is 0.667. The Labute approximate surface area is 117 Å². The standard InChI is InChI=1S/C12H18ClN3OS/c1-15-5-3-4-9(7-15)16(2)12-14-10(8-18-12)11(17)6-13/h8-9H,3-7H2,1-2H3. The van der Waals surface area contributed by atoms with E-state index in [9.17, 15) is 4.79 Å². The van der Waals surface area contributed by atoms with Gasteiger partial charge in [0.1, 0.15) is 5.69 Å². The van der Waals surface area contributed by atoms with E-state index in [0.717, 1.165) is 18.2 Å². The fourth-order valence-electron chi connectivity index (χ4n) is 2.23. The van der Waals surface area contributed by atoms with Gasteiger partial charge in [-0.15, -0.1) is 22.9 Å². The van der Waals surface area contributed by atoms with Crippen molar-refractivity contribution in [1.82, 2.24) is 9.88 Å². The van der Waals surface area contributed by atoms with Crippen LogP contribution in [0.4, 0.5) is 5.13 Å². The highest BCUT2D eigenvalue weighted by Gasteiger charge is 2.23. The Morgan fingerprint density at radius 1 is 1.72 bits per heavy atom. The van der Waals surface area contributed by atoms with Gasteiger partial charge < -0.3 is 9.80 Å². The molecule has 0 amide bonds. The highest BCUT2D eigenvalue weighted by atomic mass is 35.5. The van der Waals surface area contributed by atoms with Gasteiger partial charge in [0.25, 0.3) is 0 Å². The van der Waals surface area contributed by atoms with Crippen molar-refractivity contribution >= 4 is 33.9 Å². The van der Waals surface area contributed by atoms with E-state index in [1.165, 1.54) is 24.2 Å². The summed E-state index contributed by atoms with van der Waals surface area (Å²) in [5.74, 6) is -0.104. The molecular formula is C12H18ClN3OS. The lowest BCUT2D eigenvalue weighted by Crippen LogP contribution is -2.45. The van der Waals surface area contributed by atoms with Crippen LogP contribution in [-0.2, 0) is 0 Å². The first-order valence-corrected chi connectivity index (χ1v) is 7.49. The molecule has 2 heterocycles. The van der Waals surface area contributed by atoms with Crippen LogP contribution in [0, 0.1) is 0 Å². The number of hydrogen-bond donors (Lipinski definition) is 0. The van der Waals surface area contributed by atoms with Gasteiger partial charge in [0.05, 0.1) is 5.88 Å². The number of hydrogen-bond acceptors (Lipinski definition) is 5. The Balaban J connectivity index is 2.06. The maximum atomic E-state index is 11.5. The minimum atomic E-state index is -0.103. The van der Waals surface area contributed by atoms with Crippen molar-refractivity contribution in [2.24, 2.45) is 0 Å². The number of piperidine rings is 1. The summed E-state index contributed by atoms with van der Waals surface area (Å²) < 4.78 is 0. The molecule has 1 aliphatic heterocycles. The van der Waals surface area contributed by atoms with Crippen LogP contribution in [0.1, 0.15) is 23.3 Å². The molecular weight excluding hydrogens is 270 g/mol. The normalized spacial score (nSPS) is 20.9. The van der Waals surface area contributed by atoms with Gasteiger partial charge in [-0.1, -0.05) is 0 Å². The summed E-state index contributed by atoms with van der Waals surface area (Å²) in [7, 11) is 4.20. The summed E-state index contributed by atoms with van der Waals surface area (Å²) in [4.78, 5) is 20.4. The number of carbonyl (C=O) groups excluding carboxylic acids is 1. The van der Waals surface area contributed by atoms with Gasteiger partial charge in [0, 0.05) is 25.0 Å². The van der Waals surface area contributed by atoms with Crippen molar-refractivity contribution in [2.75, 3.05) is 38.0 Å². The van der Waals surface area contributed by atoms with E-state index in [4.69, 9.17) is 11.6 Å². The molecule has 0 aromatic carbocycles. The second kappa shape index (κ2) is 5.99. The second-order valence-corrected chi connectivity index (χ2v) is 5.85. The number of likely N-dealkylation sites (tertiary alicyclic amines) is 1. The zero-order valence-electron chi connectivity index (χ0n) is 10.7. The summed E-state index contributed by atoms with van der Waals surface area (Å²) in [5.41, 5.74) is 0.487. The summed E-state index contributed by atoms with van der Waals surface area (Å²) >= 11 is 7.05. The number of nitrogens with zero attached hydrogens (tertiary/aromatic N) is 3. The predicted octanol–water partition coefficient (Wildman–Crippen LogP) is 2.09. The zero-order valence-corrected chi connectivity index (χ0v) is 12.3. The van der Waals surface area contributed by atoms with Crippen LogP contribution in [0.25, 0.3) is 0 Å². The molecule has 100 valence electrons. The number of halogens is 1. The molecule has 1 atom stereocenters. The van der Waals surface area contributed by atoms with Crippen LogP contribution in [0.5, 0.6) is 0 Å². The van der Waals surface area contributed by atoms with E-state index < -0.39 is 0 Å². The summed E-state index contributed by atoms with van der Waals surface area (Å²) in [5, 5.41) is 2.70. The maximum absolute atomic E-state index is 11.5. The van der Waals surface area contributed by atoms with Gasteiger partial charge in [-0.05, 0) is 26.4 Å². The number of thiazole rings is 1. The largest absolute Gasteiger partial charge is 0.347 e. The van der Waals surface area contributed by atoms with E-state index in [1.54, 1.807) is 5.38 Å². The number of anilines is 1. The number of ketones is 1. The van der Waals surface area contributed by atoms with Gasteiger partial charge >= 0.3 is 0 Å². The number of Topliss-reactive ketones (excluding diaryl/α,β-unsaturated/α-hetero) is 1. The van der Waals surface area contributed by atoms with Gasteiger partial charge in [-0.3, -0.25) is 4.79 Å². The number of carbonyl (C=O) groups is 1. The number of likely N-dealkylation sites (N-methyl/N-ethyl adjacent to an activating group) is 2. The lowest BCUT2D eigenvalue weighted by atomic mass is 10.1. The lowest BCUT2D eigenvalue weighted by molar-refractivity contribution is 0.101. The topological polar surface area (TPSA) is 36.4 Å². The summed E-state index contributed by atoms with van der Waals surface area (Å²) in [6.45, 7) is 2.22. The van der Waals surface area contributed by atoms with E-state index >= 15 is 0 Å². The maximum Gasteiger partial charge on any atom is 0.196 e. The molecule has 1 unspecified atom stereocenters. The second-order valence-electron chi connectivity index (χ2n) is 4.74. The Kier molecular flexibility index (Phi) is 4.59. The van der Waals surface area contributed by atoms with Gasteiger partial charge in [0.15, 0.2) is 10.9 Å². The molecule has 0 saturated carbocycles. The smallest absolute Gasteiger partial charge is 0.196 e. The molecule has 1 aliphatic rings. The minimum absolute atomic E-state index is 0.000939. The molecule has 18 heavy (non-hydrogen) atoms. The lowest BCUT2D eigenvalue weighted by Gasteiger charge is -2.35. The summed E-state index contributed by atoms with van der Waals surface area (Å²) in [6, 6.07) is 0.480. The highest BCUT2D eigenvalue weighted by molar-refractivity contribution is 7.14. The average molecular weight is 288 g/mol. The van der Waals surface area contributed by atoms with Crippen LogP contribution >= 0.6 is 22.9 Å². The van der Waals surface area contributed by atoms with Crippen LogP contribution in [-0.4, -0.2) is 54.8 Å². The predicted molar refractivity (Wildman–Crippen MR) is 76.1 cm³/mol. The first kappa shape index (κ1) is 13.8. The third-order valence-corrected chi connectivity index (χ3v) is 4.52. The Morgan fingerprint density at radius 2 is 2.50 bits per heavy atom. The fourth-order valence-corrected chi connectivity index (χ4v) is 3.24. The molecule has 0 aliphatic carbocycles. The highest BCUT2D eigenvalue weighted by Crippen LogP contribution is 2.24. The molecule has 1 aromatic rings. The van der Waals surface area contributed by atoms with Crippen molar-refractivity contribution in [2.45, 2.75) is 18.9 Å². The molecule has 1 aromatic heterocycles. The van der Waals surface area contributed by atoms with E-state index in [2.05, 4.69) is 28.9 Å². The molecule has 2 rings (SSSR count). The van der Waals surface area contributed by atoms with Crippen molar-refractivity contribution in [3.8, 4) is 0 Å². The van der Waals surface area contributed by atoms with E-state index in [-0.39, 0.29) is 11.7 Å². The van der Waals surface area contributed by atoms with Crippen molar-refractivity contribution < 1.29 is 4.79 Å². The quantitative estimate of drug-likeness (QED) is 0.628. The Bertz CT molecular complexity index is 423. The molecule has 0 radical (unpaired) electrons. The Morgan fingerprint density at radius 3 is 3.17 bits per heavy atom. The molecule has 6 heteroatoms. The van der Waals surface area contributed by atoms with Gasteiger partial charge in [-0.25, -0.2) is 4.98 Å². The van der Waals surface area contributed by atoms with Gasteiger partial charge in [-0.2, -0.15) is 0 Å². The van der Waals surface area contributed by atoms with Gasteiger partial charge in [0.2, 0.25) is 0 Å². The molecule has 0 N–H and O–H groups in total. The molecule has 1 fully saturated rings. The van der Waals surface area contributed by atoms with Crippen molar-refractivity contribution in [1.29, 1.82) is 0 Å². The van der Waals surface area contributed by atoms with Crippen LogP contribution in [0.3, 0.4) is 0 Å². The van der Waals surface area contributed by atoms with Crippen LogP contribution in [0.15, 0.2) is 5.38 Å². The van der Waals surface area contributed by atoms with Crippen molar-refractivity contribution in [3.63, 3.8) is 0 Å². The average Bonchev–Trinajstić information content (AvgIpc) is 2.86. The third kappa shape index (κ3) is 3.02. The third-order valence-electron chi connectivity index (χ3n) is 3.35. The number of rotatable bonds is 4. The molecule has 1 saturated heterocycles. The monoisotopic (exact) mass is 287 g/mol. The SMILES string of the molecule is CN1CCCC(N(C)c2nc(C(=O)CCl)cs2)C1. The van der Waals surface area contributed by atoms with Crippen LogP contribution in [0.2, 0.25) is 0 Å². The van der Waals surface area contributed by atoms with E-state index in [0.29, 0.717) is 11.7 Å². The van der Waals surface area contributed by atoms with E-state index in [1.807, 2.05) is 0 Å². The zero-order chi connectivity index (χ0) is 13.1. The molecule has 4 nitrogen and oxygen atoms in total. The van der Waals surface area contributed by atoms with Crippen LogP contribution < -0.4 is 4.90 Å². The Hall–Kier alpha value is -0.650. The summed E-state index contributed by atoms with van der Waals surface area (Å²) in [6.07, 6.45) is 2.39. The number of aromatic nitrogens is 1. The minimum Gasteiger partial charge on any atom is -0.347 e.